The Morgan fingerprint density at radius 3 is 2.67 bits per heavy atom. The number of hydrogen-bond donors (Lipinski definition) is 2. The number of aromatic amines is 2. The minimum absolute atomic E-state index is 0.0235. The van der Waals surface area contributed by atoms with Crippen LogP contribution in [-0.4, -0.2) is 36.2 Å². The second kappa shape index (κ2) is 6.83. The van der Waals surface area contributed by atoms with Crippen LogP contribution in [0.25, 0.3) is 17.0 Å². The van der Waals surface area contributed by atoms with Crippen molar-refractivity contribution in [3.63, 3.8) is 0 Å². The Kier molecular flexibility index (Phi) is 4.21. The number of nitrogens with one attached hydrogen (secondary N) is 2. The number of H-pyrrole nitrogens is 2. The van der Waals surface area contributed by atoms with E-state index in [2.05, 4.69) is 35.4 Å². The van der Waals surface area contributed by atoms with Crippen molar-refractivity contribution in [1.29, 1.82) is 0 Å². The SMILES string of the molecule is CCOc1c(/N=N/c2nnc(C)[nH]2)c(=O)[nH]c2nc(-c3ccccc3)cn12. The molecule has 0 atom stereocenters. The van der Waals surface area contributed by atoms with E-state index in [-0.39, 0.29) is 17.5 Å². The van der Waals surface area contributed by atoms with Crippen molar-refractivity contribution in [2.45, 2.75) is 13.8 Å². The van der Waals surface area contributed by atoms with Gasteiger partial charge in [-0.05, 0) is 13.8 Å². The molecule has 10 nitrogen and oxygen atoms in total. The molecule has 2 N–H and O–H groups in total. The highest BCUT2D eigenvalue weighted by molar-refractivity contribution is 5.63. The number of rotatable bonds is 5. The largest absolute Gasteiger partial charge is 0.477 e. The summed E-state index contributed by atoms with van der Waals surface area (Å²) in [6.07, 6.45) is 1.78. The average Bonchev–Trinajstić information content (AvgIpc) is 3.28. The van der Waals surface area contributed by atoms with E-state index in [1.165, 1.54) is 0 Å². The third kappa shape index (κ3) is 3.19. The molecule has 0 amide bonds. The predicted octanol–water partition coefficient (Wildman–Crippen LogP) is 2.93. The second-order valence-electron chi connectivity index (χ2n) is 5.66. The molecule has 27 heavy (non-hydrogen) atoms. The molecule has 4 aromatic rings. The lowest BCUT2D eigenvalue weighted by Gasteiger charge is -2.07. The highest BCUT2D eigenvalue weighted by Crippen LogP contribution is 2.28. The maximum absolute atomic E-state index is 12.5. The third-order valence-electron chi connectivity index (χ3n) is 3.75. The smallest absolute Gasteiger partial charge is 0.284 e. The molecule has 10 heteroatoms. The van der Waals surface area contributed by atoms with E-state index < -0.39 is 5.56 Å². The molecule has 0 aliphatic rings. The van der Waals surface area contributed by atoms with Crippen LogP contribution in [0.5, 0.6) is 5.88 Å². The van der Waals surface area contributed by atoms with Crippen LogP contribution in [0.4, 0.5) is 11.6 Å². The lowest BCUT2D eigenvalue weighted by atomic mass is 10.2. The zero-order valence-electron chi connectivity index (χ0n) is 14.7. The van der Waals surface area contributed by atoms with Gasteiger partial charge in [-0.25, -0.2) is 4.98 Å². The third-order valence-corrected chi connectivity index (χ3v) is 3.75. The fraction of sp³-hybridized carbons (Fsp3) is 0.176. The van der Waals surface area contributed by atoms with Crippen LogP contribution in [0, 0.1) is 6.92 Å². The van der Waals surface area contributed by atoms with Crippen LogP contribution >= 0.6 is 0 Å². The monoisotopic (exact) mass is 364 g/mol. The molecule has 0 aliphatic carbocycles. The van der Waals surface area contributed by atoms with Gasteiger partial charge < -0.3 is 9.72 Å². The molecule has 136 valence electrons. The average molecular weight is 364 g/mol. The van der Waals surface area contributed by atoms with Crippen LogP contribution in [0.15, 0.2) is 51.6 Å². The number of aryl methyl sites for hydroxylation is 1. The van der Waals surface area contributed by atoms with Gasteiger partial charge >= 0.3 is 0 Å². The summed E-state index contributed by atoms with van der Waals surface area (Å²) in [5, 5.41) is 15.6. The van der Waals surface area contributed by atoms with Crippen LogP contribution < -0.4 is 10.3 Å². The summed E-state index contributed by atoms with van der Waals surface area (Å²) in [6.45, 7) is 3.91. The summed E-state index contributed by atoms with van der Waals surface area (Å²) in [5.74, 6) is 1.41. The number of benzene rings is 1. The van der Waals surface area contributed by atoms with Gasteiger partial charge in [0, 0.05) is 11.8 Å². The van der Waals surface area contributed by atoms with Crippen molar-refractivity contribution in [1.82, 2.24) is 29.5 Å². The first-order valence-corrected chi connectivity index (χ1v) is 8.30. The highest BCUT2D eigenvalue weighted by atomic mass is 16.5. The number of imidazole rings is 1. The fourth-order valence-electron chi connectivity index (χ4n) is 2.58. The first-order chi connectivity index (χ1) is 13.2. The van der Waals surface area contributed by atoms with Crippen LogP contribution in [0.2, 0.25) is 0 Å². The van der Waals surface area contributed by atoms with E-state index in [0.29, 0.717) is 23.9 Å². The molecule has 0 spiro atoms. The summed E-state index contributed by atoms with van der Waals surface area (Å²) in [5.41, 5.74) is 1.18. The van der Waals surface area contributed by atoms with E-state index >= 15 is 0 Å². The van der Waals surface area contributed by atoms with Crippen molar-refractivity contribution < 1.29 is 4.74 Å². The quantitative estimate of drug-likeness (QED) is 0.527. The van der Waals surface area contributed by atoms with E-state index in [9.17, 15) is 4.79 Å². The molecular weight excluding hydrogens is 348 g/mol. The van der Waals surface area contributed by atoms with Gasteiger partial charge in [0.1, 0.15) is 5.82 Å². The molecule has 0 fully saturated rings. The number of azo groups is 1. The lowest BCUT2D eigenvalue weighted by Crippen LogP contribution is -2.12. The molecule has 0 saturated carbocycles. The first kappa shape index (κ1) is 16.6. The summed E-state index contributed by atoms with van der Waals surface area (Å²) in [6, 6.07) is 9.64. The van der Waals surface area contributed by atoms with Gasteiger partial charge in [0.15, 0.2) is 0 Å². The molecule has 0 saturated heterocycles. The minimum atomic E-state index is -0.462. The predicted molar refractivity (Wildman–Crippen MR) is 97.7 cm³/mol. The molecule has 1 aromatic carbocycles. The summed E-state index contributed by atoms with van der Waals surface area (Å²) in [7, 11) is 0. The van der Waals surface area contributed by atoms with Crippen LogP contribution in [0.1, 0.15) is 12.7 Å². The van der Waals surface area contributed by atoms with Gasteiger partial charge in [-0.3, -0.25) is 14.2 Å². The Bertz CT molecular complexity index is 1170. The number of nitrogens with zero attached hydrogens (tertiary/aromatic N) is 6. The fourth-order valence-corrected chi connectivity index (χ4v) is 2.58. The maximum Gasteiger partial charge on any atom is 0.284 e. The molecule has 4 rings (SSSR count). The van der Waals surface area contributed by atoms with Crippen LogP contribution in [0.3, 0.4) is 0 Å². The van der Waals surface area contributed by atoms with Gasteiger partial charge in [0.25, 0.3) is 11.5 Å². The number of fused-ring (bicyclic) bond motifs is 1. The Morgan fingerprint density at radius 1 is 1.15 bits per heavy atom. The van der Waals surface area contributed by atoms with E-state index in [4.69, 9.17) is 4.74 Å². The Labute approximate surface area is 153 Å². The number of hydrogen-bond acceptors (Lipinski definition) is 7. The van der Waals surface area contributed by atoms with E-state index in [1.54, 1.807) is 17.5 Å². The highest BCUT2D eigenvalue weighted by Gasteiger charge is 2.17. The standard InChI is InChI=1S/C17H16N8O2/c1-3-27-15-13(22-24-16-18-10(2)21-23-16)14(26)20-17-19-12(9-25(15)17)11-7-5-4-6-8-11/h4-9H,3H2,1-2H3,(H,18,21,23)(H,19,20,26)/b24-22+. The Hall–Kier alpha value is -3.82. The van der Waals surface area contributed by atoms with Gasteiger partial charge in [0.2, 0.25) is 17.3 Å². The topological polar surface area (TPSA) is 126 Å². The Balaban J connectivity index is 1.85. The zero-order valence-corrected chi connectivity index (χ0v) is 14.7. The Morgan fingerprint density at radius 2 is 1.96 bits per heavy atom. The molecule has 3 aromatic heterocycles. The normalized spacial score (nSPS) is 11.5. The van der Waals surface area contributed by atoms with E-state index in [1.807, 2.05) is 37.3 Å². The molecule has 3 heterocycles. The van der Waals surface area contributed by atoms with Gasteiger partial charge in [-0.2, -0.15) is 0 Å². The number of aromatic nitrogens is 6. The molecule has 0 aliphatic heterocycles. The van der Waals surface area contributed by atoms with Gasteiger partial charge in [-0.15, -0.1) is 20.4 Å². The second-order valence-corrected chi connectivity index (χ2v) is 5.66. The minimum Gasteiger partial charge on any atom is -0.477 e. The zero-order chi connectivity index (χ0) is 18.8. The van der Waals surface area contributed by atoms with Crippen molar-refractivity contribution >= 4 is 17.4 Å². The van der Waals surface area contributed by atoms with Gasteiger partial charge in [0.05, 0.1) is 12.3 Å². The van der Waals surface area contributed by atoms with Crippen molar-refractivity contribution in [3.05, 3.63) is 52.7 Å². The summed E-state index contributed by atoms with van der Waals surface area (Å²) < 4.78 is 7.32. The molecular formula is C17H16N8O2. The molecule has 0 radical (unpaired) electrons. The molecule has 0 unspecified atom stereocenters. The van der Waals surface area contributed by atoms with Crippen molar-refractivity contribution in [2.75, 3.05) is 6.61 Å². The first-order valence-electron chi connectivity index (χ1n) is 8.30. The summed E-state index contributed by atoms with van der Waals surface area (Å²) >= 11 is 0. The number of ether oxygens (including phenoxy) is 1. The summed E-state index contributed by atoms with van der Waals surface area (Å²) in [4.78, 5) is 22.5. The lowest BCUT2D eigenvalue weighted by molar-refractivity contribution is 0.323. The van der Waals surface area contributed by atoms with E-state index in [0.717, 1.165) is 5.56 Å². The van der Waals surface area contributed by atoms with Gasteiger partial charge in [-0.1, -0.05) is 30.3 Å². The van der Waals surface area contributed by atoms with Crippen molar-refractivity contribution in [2.24, 2.45) is 10.2 Å². The van der Waals surface area contributed by atoms with Crippen LogP contribution in [-0.2, 0) is 0 Å². The van der Waals surface area contributed by atoms with Crippen molar-refractivity contribution in [3.8, 4) is 17.1 Å². The maximum atomic E-state index is 12.5. The molecule has 0 bridgehead atoms.